The van der Waals surface area contributed by atoms with Crippen molar-refractivity contribution in [2.24, 2.45) is 0 Å². The number of rotatable bonds is 0. The Morgan fingerprint density at radius 1 is 1.75 bits per heavy atom. The SMILES string of the molecule is [CH3][Ir]=[O].[Pt]. The molecular weight excluding hydrogens is 415 g/mol. The fraction of sp³-hybridized carbons (Fsp3) is 1.00. The number of hydrogen-bond donors (Lipinski definition) is 0. The monoisotopic (exact) mass is 419 g/mol. The Labute approximate surface area is 47.7 Å². The molecule has 0 saturated carbocycles. The molecule has 0 rings (SSSR count). The van der Waals surface area contributed by atoms with Crippen molar-refractivity contribution >= 4 is 0 Å². The standard InChI is InChI=1S/CH3.Ir.O.Pt/h1H3;;;. The van der Waals surface area contributed by atoms with Crippen LogP contribution in [0.25, 0.3) is 0 Å². The van der Waals surface area contributed by atoms with Gasteiger partial charge < -0.3 is 0 Å². The van der Waals surface area contributed by atoms with E-state index < -0.39 is 17.6 Å². The van der Waals surface area contributed by atoms with E-state index in [1.54, 1.807) is 5.44 Å². The van der Waals surface area contributed by atoms with Gasteiger partial charge in [0, 0.05) is 21.1 Å². The van der Waals surface area contributed by atoms with E-state index in [1.807, 2.05) is 0 Å². The molecule has 0 aliphatic heterocycles. The third-order valence-corrected chi connectivity index (χ3v) is 0. The van der Waals surface area contributed by atoms with Gasteiger partial charge in [-0.2, -0.15) is 0 Å². The van der Waals surface area contributed by atoms with Crippen LogP contribution in [0.1, 0.15) is 0 Å². The Hall–Kier alpha value is 1.14. The molecule has 0 N–H and O–H groups in total. The summed E-state index contributed by atoms with van der Waals surface area (Å²) in [6, 6.07) is 0. The van der Waals surface area contributed by atoms with Gasteiger partial charge in [-0.1, -0.05) is 0 Å². The van der Waals surface area contributed by atoms with E-state index in [0.717, 1.165) is 0 Å². The Morgan fingerprint density at radius 2 is 1.75 bits per heavy atom. The predicted octanol–water partition coefficient (Wildman–Crippen LogP) is 0.460. The largest absolute Gasteiger partial charge is 0 e. The summed E-state index contributed by atoms with van der Waals surface area (Å²) in [4.78, 5) is 0. The molecule has 0 bridgehead atoms. The van der Waals surface area contributed by atoms with E-state index in [-0.39, 0.29) is 21.1 Å². The average Bonchev–Trinajstić information content (AvgIpc) is 0.918. The van der Waals surface area contributed by atoms with Crippen molar-refractivity contribution in [2.75, 3.05) is 0 Å². The maximum Gasteiger partial charge on any atom is 0 e. The van der Waals surface area contributed by atoms with Crippen LogP contribution in [0.3, 0.4) is 0 Å². The van der Waals surface area contributed by atoms with Crippen molar-refractivity contribution in [1.29, 1.82) is 0 Å². The third kappa shape index (κ3) is 11.1. The van der Waals surface area contributed by atoms with Gasteiger partial charge in [0.1, 0.15) is 0 Å². The van der Waals surface area contributed by atoms with E-state index >= 15 is 0 Å². The Morgan fingerprint density at radius 3 is 1.75 bits per heavy atom. The van der Waals surface area contributed by atoms with Gasteiger partial charge >= 0.3 is 26.6 Å². The van der Waals surface area contributed by atoms with Gasteiger partial charge in [-0.05, 0) is 0 Å². The third-order valence-electron chi connectivity index (χ3n) is 0. The smallest absolute Gasteiger partial charge is 0 e. The minimum atomic E-state index is -0.750. The van der Waals surface area contributed by atoms with E-state index in [1.165, 1.54) is 0 Å². The zero-order valence-electron chi connectivity index (χ0n) is 2.06. The van der Waals surface area contributed by atoms with Crippen molar-refractivity contribution in [3.8, 4) is 0 Å². The fourth-order valence-electron chi connectivity index (χ4n) is 0. The summed E-state index contributed by atoms with van der Waals surface area (Å²) < 4.78 is 9.06. The maximum absolute atomic E-state index is 9.06. The topological polar surface area (TPSA) is 17.1 Å². The van der Waals surface area contributed by atoms with Crippen LogP contribution in [0.2, 0.25) is 5.44 Å². The van der Waals surface area contributed by atoms with Crippen molar-refractivity contribution in [1.82, 2.24) is 0 Å². The molecule has 0 heterocycles. The first-order chi connectivity index (χ1) is 1.41. The molecule has 1 nitrogen and oxygen atoms in total. The fourth-order valence-corrected chi connectivity index (χ4v) is 0. The molecule has 0 aromatic rings. The maximum atomic E-state index is 9.06. The molecule has 0 saturated heterocycles. The Balaban J connectivity index is 0. The van der Waals surface area contributed by atoms with Crippen LogP contribution in [0.4, 0.5) is 0 Å². The van der Waals surface area contributed by atoms with Crippen LogP contribution in [-0.2, 0) is 42.2 Å². The van der Waals surface area contributed by atoms with E-state index in [4.69, 9.17) is 3.50 Å². The molecule has 0 aromatic carbocycles. The van der Waals surface area contributed by atoms with Gasteiger partial charge in [-0.15, -0.1) is 0 Å². The quantitative estimate of drug-likeness (QED) is 0.559. The predicted molar refractivity (Wildman–Crippen MR) is 6.55 cm³/mol. The summed E-state index contributed by atoms with van der Waals surface area (Å²) in [6.07, 6.45) is 0. The number of hydrogen-bond acceptors (Lipinski definition) is 1. The molecule has 0 unspecified atom stereocenters. The molecule has 3 heteroatoms. The normalized spacial score (nSPS) is 5.25. The molecule has 4 heavy (non-hydrogen) atoms. The van der Waals surface area contributed by atoms with Crippen LogP contribution in [0.5, 0.6) is 0 Å². The molecule has 0 fully saturated rings. The van der Waals surface area contributed by atoms with Crippen molar-refractivity contribution < 1.29 is 42.2 Å². The molecule has 0 radical (unpaired) electrons. The van der Waals surface area contributed by atoms with Gasteiger partial charge in [-0.3, -0.25) is 0 Å². The molecule has 0 amide bonds. The second-order valence-electron chi connectivity index (χ2n) is 0.136. The van der Waals surface area contributed by atoms with Crippen molar-refractivity contribution in [2.45, 2.75) is 5.44 Å². The second-order valence-corrected chi connectivity index (χ2v) is 1.11. The van der Waals surface area contributed by atoms with Gasteiger partial charge in [0.25, 0.3) is 0 Å². The summed E-state index contributed by atoms with van der Waals surface area (Å²) >= 11 is -0.750. The van der Waals surface area contributed by atoms with E-state index in [2.05, 4.69) is 0 Å². The summed E-state index contributed by atoms with van der Waals surface area (Å²) in [5, 5.41) is 0. The first-order valence-electron chi connectivity index (χ1n) is 0.469. The van der Waals surface area contributed by atoms with Crippen molar-refractivity contribution in [3.05, 3.63) is 0 Å². The minimum Gasteiger partial charge on any atom is 0 e. The van der Waals surface area contributed by atoms with Crippen LogP contribution < -0.4 is 0 Å². The Kier molecular flexibility index (Phi) is 19.9. The summed E-state index contributed by atoms with van der Waals surface area (Å²) in [6.45, 7) is 0. The zero-order valence-corrected chi connectivity index (χ0v) is 6.73. The molecule has 0 atom stereocenters. The molecule has 0 aromatic heterocycles. The summed E-state index contributed by atoms with van der Waals surface area (Å²) in [7, 11) is 0. The molecular formula is CH3IrOPt. The van der Waals surface area contributed by atoms with Crippen LogP contribution in [0.15, 0.2) is 0 Å². The van der Waals surface area contributed by atoms with Crippen LogP contribution in [0, 0.1) is 0 Å². The first-order valence-corrected chi connectivity index (χ1v) is 3.84. The van der Waals surface area contributed by atoms with Crippen LogP contribution >= 0.6 is 0 Å². The van der Waals surface area contributed by atoms with Gasteiger partial charge in [0.15, 0.2) is 0 Å². The first kappa shape index (κ1) is 8.93. The van der Waals surface area contributed by atoms with E-state index in [0.29, 0.717) is 0 Å². The Bertz CT molecular complexity index is 15.5. The summed E-state index contributed by atoms with van der Waals surface area (Å²) in [5.41, 5.74) is 1.69. The van der Waals surface area contributed by atoms with E-state index in [9.17, 15) is 0 Å². The minimum absolute atomic E-state index is 0. The molecule has 0 aliphatic rings. The second kappa shape index (κ2) is 8.91. The van der Waals surface area contributed by atoms with Gasteiger partial charge in [0.05, 0.1) is 0 Å². The molecule has 0 aliphatic carbocycles. The molecule has 0 spiro atoms. The van der Waals surface area contributed by atoms with Gasteiger partial charge in [0.2, 0.25) is 0 Å². The zero-order chi connectivity index (χ0) is 2.71. The molecule has 32 valence electrons. The van der Waals surface area contributed by atoms with Crippen molar-refractivity contribution in [3.63, 3.8) is 0 Å². The van der Waals surface area contributed by atoms with Crippen LogP contribution in [-0.4, -0.2) is 0 Å². The van der Waals surface area contributed by atoms with Gasteiger partial charge in [-0.25, -0.2) is 0 Å². The summed E-state index contributed by atoms with van der Waals surface area (Å²) in [5.74, 6) is 0. The average molecular weight is 418 g/mol.